The monoisotopic (exact) mass is 342 g/mol. The lowest BCUT2D eigenvalue weighted by atomic mass is 9.75. The molecular weight excluding hydrogens is 320 g/mol. The first-order valence-corrected chi connectivity index (χ1v) is 8.63. The van der Waals surface area contributed by atoms with Crippen LogP contribution < -0.4 is 10.9 Å². The molecule has 1 aliphatic carbocycles. The van der Waals surface area contributed by atoms with Crippen molar-refractivity contribution in [2.45, 2.75) is 44.6 Å². The van der Waals surface area contributed by atoms with Gasteiger partial charge in [0.2, 0.25) is 0 Å². The van der Waals surface area contributed by atoms with Gasteiger partial charge in [0, 0.05) is 5.39 Å². The summed E-state index contributed by atoms with van der Waals surface area (Å²) in [6.45, 7) is 2.09. The van der Waals surface area contributed by atoms with Gasteiger partial charge in [0.25, 0.3) is 11.5 Å². The molecule has 132 valence electrons. The number of aromatic amines is 1. The number of benzene rings is 1. The highest BCUT2D eigenvalue weighted by molar-refractivity contribution is 5.99. The number of carbonyl (C=O) groups is 2. The van der Waals surface area contributed by atoms with Gasteiger partial charge in [-0.2, -0.15) is 0 Å². The number of rotatable bonds is 4. The summed E-state index contributed by atoms with van der Waals surface area (Å²) < 4.78 is 0. The second kappa shape index (κ2) is 6.70. The molecule has 25 heavy (non-hydrogen) atoms. The number of aliphatic carboxylic acids is 1. The van der Waals surface area contributed by atoms with Gasteiger partial charge in [0.15, 0.2) is 0 Å². The number of pyridine rings is 1. The molecule has 3 rings (SSSR count). The molecule has 0 atom stereocenters. The van der Waals surface area contributed by atoms with Gasteiger partial charge in [-0.3, -0.25) is 9.59 Å². The van der Waals surface area contributed by atoms with Crippen LogP contribution in [0.25, 0.3) is 10.8 Å². The Morgan fingerprint density at radius 3 is 2.60 bits per heavy atom. The molecule has 0 spiro atoms. The molecule has 0 radical (unpaired) electrons. The topological polar surface area (TPSA) is 99.3 Å². The maximum atomic E-state index is 12.6. The molecule has 0 unspecified atom stereocenters. The number of amides is 1. The summed E-state index contributed by atoms with van der Waals surface area (Å²) in [5.41, 5.74) is -1.53. The van der Waals surface area contributed by atoms with Crippen molar-refractivity contribution < 1.29 is 14.7 Å². The van der Waals surface area contributed by atoms with E-state index in [1.54, 1.807) is 30.3 Å². The second-order valence-corrected chi connectivity index (χ2v) is 6.79. The summed E-state index contributed by atoms with van der Waals surface area (Å²) in [6.07, 6.45) is 3.38. The predicted molar refractivity (Wildman–Crippen MR) is 94.7 cm³/mol. The highest BCUT2D eigenvalue weighted by Gasteiger charge is 2.43. The van der Waals surface area contributed by atoms with E-state index in [9.17, 15) is 19.5 Å². The molecule has 1 aliphatic rings. The summed E-state index contributed by atoms with van der Waals surface area (Å²) in [5.74, 6) is -1.07. The van der Waals surface area contributed by atoms with Crippen LogP contribution >= 0.6 is 0 Å². The van der Waals surface area contributed by atoms with Crippen LogP contribution in [0.1, 0.15) is 49.5 Å². The fourth-order valence-electron chi connectivity index (χ4n) is 3.59. The van der Waals surface area contributed by atoms with Gasteiger partial charge < -0.3 is 15.4 Å². The lowest BCUT2D eigenvalue weighted by Gasteiger charge is -2.37. The molecule has 1 fully saturated rings. The van der Waals surface area contributed by atoms with Gasteiger partial charge in [-0.1, -0.05) is 31.5 Å². The summed E-state index contributed by atoms with van der Waals surface area (Å²) in [4.78, 5) is 39.2. The lowest BCUT2D eigenvalue weighted by Crippen LogP contribution is -2.56. The number of carboxylic acid groups (broad SMARTS) is 1. The van der Waals surface area contributed by atoms with E-state index in [0.29, 0.717) is 29.5 Å². The van der Waals surface area contributed by atoms with Gasteiger partial charge in [0.05, 0.1) is 0 Å². The van der Waals surface area contributed by atoms with E-state index in [2.05, 4.69) is 17.2 Å². The lowest BCUT2D eigenvalue weighted by molar-refractivity contribution is -0.146. The summed E-state index contributed by atoms with van der Waals surface area (Å²) in [6, 6.07) is 8.55. The van der Waals surface area contributed by atoms with Gasteiger partial charge in [-0.25, -0.2) is 4.79 Å². The van der Waals surface area contributed by atoms with E-state index < -0.39 is 17.4 Å². The van der Waals surface area contributed by atoms with Crippen LogP contribution in [0.15, 0.2) is 35.1 Å². The van der Waals surface area contributed by atoms with E-state index in [-0.39, 0.29) is 11.3 Å². The molecule has 6 nitrogen and oxygen atoms in total. The Hall–Kier alpha value is -2.63. The zero-order valence-electron chi connectivity index (χ0n) is 14.2. The molecule has 3 N–H and O–H groups in total. The maximum absolute atomic E-state index is 12.6. The normalized spacial score (nSPS) is 23.3. The number of H-pyrrole nitrogens is 1. The van der Waals surface area contributed by atoms with Crippen molar-refractivity contribution in [3.8, 4) is 0 Å². The summed E-state index contributed by atoms with van der Waals surface area (Å²) in [5, 5.41) is 13.5. The van der Waals surface area contributed by atoms with Crippen molar-refractivity contribution in [1.82, 2.24) is 10.3 Å². The van der Waals surface area contributed by atoms with Crippen LogP contribution in [0.3, 0.4) is 0 Å². The third-order valence-corrected chi connectivity index (χ3v) is 5.30. The molecule has 1 aromatic carbocycles. The molecule has 0 aliphatic heterocycles. The molecule has 1 amide bonds. The quantitative estimate of drug-likeness (QED) is 0.795. The number of hydrogen-bond donors (Lipinski definition) is 3. The largest absolute Gasteiger partial charge is 0.480 e. The van der Waals surface area contributed by atoms with Crippen LogP contribution in [0.4, 0.5) is 0 Å². The number of fused-ring (bicyclic) bond motifs is 1. The van der Waals surface area contributed by atoms with Crippen LogP contribution in [0.2, 0.25) is 0 Å². The first kappa shape index (κ1) is 17.2. The van der Waals surface area contributed by atoms with Gasteiger partial charge in [-0.15, -0.1) is 0 Å². The van der Waals surface area contributed by atoms with Crippen LogP contribution in [0.5, 0.6) is 0 Å². The van der Waals surface area contributed by atoms with Gasteiger partial charge in [0.1, 0.15) is 11.2 Å². The first-order valence-electron chi connectivity index (χ1n) is 8.63. The molecule has 0 saturated heterocycles. The Labute approximate surface area is 145 Å². The molecule has 1 aromatic heterocycles. The number of carbonyl (C=O) groups excluding carboxylic acids is 1. The molecule has 0 bridgehead atoms. The summed E-state index contributed by atoms with van der Waals surface area (Å²) >= 11 is 0. The molecule has 6 heteroatoms. The van der Waals surface area contributed by atoms with Crippen LogP contribution in [0, 0.1) is 5.92 Å². The van der Waals surface area contributed by atoms with Gasteiger partial charge in [-0.05, 0) is 49.1 Å². The minimum absolute atomic E-state index is 0.0851. The van der Waals surface area contributed by atoms with Crippen LogP contribution in [-0.4, -0.2) is 27.5 Å². The van der Waals surface area contributed by atoms with Crippen molar-refractivity contribution in [2.75, 3.05) is 0 Å². The Balaban J connectivity index is 1.88. The van der Waals surface area contributed by atoms with Crippen molar-refractivity contribution in [3.05, 3.63) is 46.4 Å². The van der Waals surface area contributed by atoms with Crippen molar-refractivity contribution >= 4 is 22.6 Å². The number of carboxylic acids is 1. The highest BCUT2D eigenvalue weighted by atomic mass is 16.4. The van der Waals surface area contributed by atoms with Crippen molar-refractivity contribution in [2.24, 2.45) is 5.92 Å². The van der Waals surface area contributed by atoms with E-state index in [4.69, 9.17) is 0 Å². The average molecular weight is 342 g/mol. The second-order valence-electron chi connectivity index (χ2n) is 6.79. The van der Waals surface area contributed by atoms with Crippen molar-refractivity contribution in [1.29, 1.82) is 0 Å². The van der Waals surface area contributed by atoms with E-state index >= 15 is 0 Å². The highest BCUT2D eigenvalue weighted by Crippen LogP contribution is 2.34. The fraction of sp³-hybridized carbons (Fsp3) is 0.421. The molecule has 2 aromatic rings. The first-order chi connectivity index (χ1) is 11.9. The van der Waals surface area contributed by atoms with Gasteiger partial charge >= 0.3 is 5.97 Å². The van der Waals surface area contributed by atoms with E-state index in [1.807, 2.05) is 0 Å². The SMILES string of the molecule is CCC1CCC(NC(=O)c2cc3ccccc3c(=O)[nH]2)(C(=O)O)CC1. The third kappa shape index (κ3) is 3.29. The number of hydrogen-bond acceptors (Lipinski definition) is 3. The Bertz CT molecular complexity index is 863. The van der Waals surface area contributed by atoms with Crippen molar-refractivity contribution in [3.63, 3.8) is 0 Å². The Morgan fingerprint density at radius 1 is 1.28 bits per heavy atom. The molecule has 1 saturated carbocycles. The Kier molecular flexibility index (Phi) is 4.61. The minimum Gasteiger partial charge on any atom is -0.480 e. The third-order valence-electron chi connectivity index (χ3n) is 5.30. The summed E-state index contributed by atoms with van der Waals surface area (Å²) in [7, 11) is 0. The zero-order chi connectivity index (χ0) is 18.0. The standard InChI is InChI=1S/C19H22N2O4/c1-2-12-7-9-19(10-8-12,18(24)25)21-17(23)15-11-13-5-3-4-6-14(13)16(22)20-15/h3-6,11-12H,2,7-10H2,1H3,(H,20,22)(H,21,23)(H,24,25). The maximum Gasteiger partial charge on any atom is 0.329 e. The fourth-order valence-corrected chi connectivity index (χ4v) is 3.59. The average Bonchev–Trinajstić information content (AvgIpc) is 2.62. The Morgan fingerprint density at radius 2 is 1.96 bits per heavy atom. The zero-order valence-corrected chi connectivity index (χ0v) is 14.2. The smallest absolute Gasteiger partial charge is 0.329 e. The molecule has 1 heterocycles. The number of aromatic nitrogens is 1. The predicted octanol–water partition coefficient (Wildman–Crippen LogP) is 2.68. The number of nitrogens with one attached hydrogen (secondary N) is 2. The molecular formula is C19H22N2O4. The van der Waals surface area contributed by atoms with E-state index in [0.717, 1.165) is 19.3 Å². The minimum atomic E-state index is -1.26. The van der Waals surface area contributed by atoms with Crippen LogP contribution in [-0.2, 0) is 4.79 Å². The van der Waals surface area contributed by atoms with E-state index in [1.165, 1.54) is 0 Å².